The van der Waals surface area contributed by atoms with E-state index in [2.05, 4.69) is 18.7 Å². The maximum absolute atomic E-state index is 11.8. The van der Waals surface area contributed by atoms with E-state index >= 15 is 0 Å². The van der Waals surface area contributed by atoms with Crippen LogP contribution in [0.25, 0.3) is 0 Å². The van der Waals surface area contributed by atoms with Crippen LogP contribution in [0.15, 0.2) is 0 Å². The second-order valence-corrected chi connectivity index (χ2v) is 4.61. The molecular weight excluding hydrogens is 202 g/mol. The summed E-state index contributed by atoms with van der Waals surface area (Å²) in [6, 6.07) is 0.438. The molecule has 0 bridgehead atoms. The number of unbranched alkanes of at least 4 members (excludes halogenated alkanes) is 1. The lowest BCUT2D eigenvalue weighted by atomic mass is 10.2. The monoisotopic (exact) mass is 227 g/mol. The van der Waals surface area contributed by atoms with Gasteiger partial charge in [-0.3, -0.25) is 9.69 Å². The Bertz CT molecular complexity index is 212. The molecule has 1 fully saturated rings. The van der Waals surface area contributed by atoms with Crippen LogP contribution < -0.4 is 5.73 Å². The lowest BCUT2D eigenvalue weighted by Crippen LogP contribution is -2.52. The van der Waals surface area contributed by atoms with Gasteiger partial charge in [-0.25, -0.2) is 0 Å². The van der Waals surface area contributed by atoms with E-state index in [-0.39, 0.29) is 0 Å². The zero-order valence-electron chi connectivity index (χ0n) is 10.6. The quantitative estimate of drug-likeness (QED) is 0.751. The largest absolute Gasteiger partial charge is 0.340 e. The van der Waals surface area contributed by atoms with Crippen molar-refractivity contribution >= 4 is 5.91 Å². The molecule has 1 rings (SSSR count). The van der Waals surface area contributed by atoms with Crippen LogP contribution in [-0.4, -0.2) is 54.5 Å². The van der Waals surface area contributed by atoms with E-state index in [4.69, 9.17) is 5.73 Å². The third kappa shape index (κ3) is 3.76. The predicted octanol–water partition coefficient (Wildman–Crippen LogP) is 0.668. The Hall–Kier alpha value is -0.610. The van der Waals surface area contributed by atoms with Crippen molar-refractivity contribution in [3.05, 3.63) is 0 Å². The highest BCUT2D eigenvalue weighted by atomic mass is 16.2. The summed E-state index contributed by atoms with van der Waals surface area (Å²) in [6.07, 6.45) is 2.82. The molecule has 0 aromatic heterocycles. The van der Waals surface area contributed by atoms with Gasteiger partial charge in [0.2, 0.25) is 5.91 Å². The zero-order valence-corrected chi connectivity index (χ0v) is 10.6. The van der Waals surface area contributed by atoms with Crippen LogP contribution in [0.2, 0.25) is 0 Å². The molecule has 2 N–H and O–H groups in total. The third-order valence-corrected chi connectivity index (χ3v) is 3.38. The Balaban J connectivity index is 2.28. The van der Waals surface area contributed by atoms with Gasteiger partial charge in [-0.1, -0.05) is 13.3 Å². The number of carbonyl (C=O) groups excluding carboxylic acids is 1. The topological polar surface area (TPSA) is 49.6 Å². The summed E-state index contributed by atoms with van der Waals surface area (Å²) in [6.45, 7) is 8.64. The van der Waals surface area contributed by atoms with Crippen molar-refractivity contribution in [2.45, 2.75) is 39.2 Å². The van der Waals surface area contributed by atoms with Crippen LogP contribution in [0.1, 0.15) is 33.1 Å². The number of amides is 1. The molecule has 1 aliphatic heterocycles. The number of nitrogens with zero attached hydrogens (tertiary/aromatic N) is 2. The van der Waals surface area contributed by atoms with Gasteiger partial charge in [0.25, 0.3) is 0 Å². The molecule has 1 saturated heterocycles. The van der Waals surface area contributed by atoms with Gasteiger partial charge < -0.3 is 10.6 Å². The van der Waals surface area contributed by atoms with Gasteiger partial charge in [-0.05, 0) is 13.3 Å². The summed E-state index contributed by atoms with van der Waals surface area (Å²) in [5.74, 6) is 0.321. The average molecular weight is 227 g/mol. The molecule has 0 aromatic rings. The molecule has 16 heavy (non-hydrogen) atoms. The maximum atomic E-state index is 11.8. The number of hydrogen-bond acceptors (Lipinski definition) is 3. The molecule has 1 aliphatic rings. The molecule has 1 atom stereocenters. The van der Waals surface area contributed by atoms with E-state index in [0.717, 1.165) is 39.0 Å². The first-order chi connectivity index (χ1) is 7.69. The van der Waals surface area contributed by atoms with E-state index in [1.54, 1.807) is 0 Å². The fourth-order valence-electron chi connectivity index (χ4n) is 2.05. The summed E-state index contributed by atoms with van der Waals surface area (Å²) < 4.78 is 0. The number of carbonyl (C=O) groups is 1. The summed E-state index contributed by atoms with van der Waals surface area (Å²) in [5, 5.41) is 0. The van der Waals surface area contributed by atoms with Crippen LogP contribution in [0.3, 0.4) is 0 Å². The molecule has 1 heterocycles. The maximum Gasteiger partial charge on any atom is 0.222 e. The minimum absolute atomic E-state index is 0.321. The van der Waals surface area contributed by atoms with Crippen molar-refractivity contribution in [2.75, 3.05) is 32.7 Å². The summed E-state index contributed by atoms with van der Waals surface area (Å²) in [7, 11) is 0. The van der Waals surface area contributed by atoms with Crippen molar-refractivity contribution in [2.24, 2.45) is 5.73 Å². The molecule has 0 aliphatic carbocycles. The van der Waals surface area contributed by atoms with Gasteiger partial charge in [0, 0.05) is 45.2 Å². The molecule has 0 aromatic carbocycles. The van der Waals surface area contributed by atoms with Crippen LogP contribution in [-0.2, 0) is 4.79 Å². The fraction of sp³-hybridized carbons (Fsp3) is 0.917. The van der Waals surface area contributed by atoms with Crippen molar-refractivity contribution in [1.82, 2.24) is 9.80 Å². The van der Waals surface area contributed by atoms with E-state index < -0.39 is 0 Å². The lowest BCUT2D eigenvalue weighted by molar-refractivity contribution is -0.133. The smallest absolute Gasteiger partial charge is 0.222 e. The van der Waals surface area contributed by atoms with Crippen LogP contribution in [0.4, 0.5) is 0 Å². The first-order valence-electron chi connectivity index (χ1n) is 6.41. The van der Waals surface area contributed by atoms with Gasteiger partial charge in [-0.15, -0.1) is 0 Å². The molecule has 4 nitrogen and oxygen atoms in total. The van der Waals surface area contributed by atoms with Gasteiger partial charge >= 0.3 is 0 Å². The van der Waals surface area contributed by atoms with E-state index in [9.17, 15) is 4.79 Å². The van der Waals surface area contributed by atoms with Crippen LogP contribution >= 0.6 is 0 Å². The Labute approximate surface area is 98.8 Å². The molecule has 94 valence electrons. The van der Waals surface area contributed by atoms with Crippen molar-refractivity contribution < 1.29 is 4.79 Å². The van der Waals surface area contributed by atoms with Crippen molar-refractivity contribution in [3.8, 4) is 0 Å². The van der Waals surface area contributed by atoms with Gasteiger partial charge in [0.1, 0.15) is 0 Å². The highest BCUT2D eigenvalue weighted by Crippen LogP contribution is 2.08. The predicted molar refractivity (Wildman–Crippen MR) is 66.2 cm³/mol. The Morgan fingerprint density at radius 3 is 2.44 bits per heavy atom. The Morgan fingerprint density at radius 2 is 1.94 bits per heavy atom. The van der Waals surface area contributed by atoms with Crippen molar-refractivity contribution in [1.29, 1.82) is 0 Å². The van der Waals surface area contributed by atoms with Crippen molar-refractivity contribution in [3.63, 3.8) is 0 Å². The van der Waals surface area contributed by atoms with Gasteiger partial charge in [0.15, 0.2) is 0 Å². The van der Waals surface area contributed by atoms with Crippen LogP contribution in [0, 0.1) is 0 Å². The molecule has 0 spiro atoms. The molecule has 0 saturated carbocycles. The number of rotatable bonds is 5. The number of piperazine rings is 1. The zero-order chi connectivity index (χ0) is 12.0. The van der Waals surface area contributed by atoms with Crippen LogP contribution in [0.5, 0.6) is 0 Å². The molecular formula is C12H25N3O. The number of nitrogens with two attached hydrogens (primary N) is 1. The van der Waals surface area contributed by atoms with E-state index in [1.165, 1.54) is 0 Å². The Kier molecular flexibility index (Phi) is 5.77. The second-order valence-electron chi connectivity index (χ2n) is 4.61. The van der Waals surface area contributed by atoms with Gasteiger partial charge in [0.05, 0.1) is 0 Å². The minimum Gasteiger partial charge on any atom is -0.340 e. The first-order valence-corrected chi connectivity index (χ1v) is 6.41. The summed E-state index contributed by atoms with van der Waals surface area (Å²) in [5.41, 5.74) is 5.64. The Morgan fingerprint density at radius 1 is 1.31 bits per heavy atom. The summed E-state index contributed by atoms with van der Waals surface area (Å²) in [4.78, 5) is 16.1. The fourth-order valence-corrected chi connectivity index (χ4v) is 2.05. The minimum atomic E-state index is 0.321. The van der Waals surface area contributed by atoms with Gasteiger partial charge in [-0.2, -0.15) is 0 Å². The van der Waals surface area contributed by atoms with E-state index in [0.29, 0.717) is 24.9 Å². The third-order valence-electron chi connectivity index (χ3n) is 3.38. The highest BCUT2D eigenvalue weighted by Gasteiger charge is 2.22. The highest BCUT2D eigenvalue weighted by molar-refractivity contribution is 5.76. The average Bonchev–Trinajstić information content (AvgIpc) is 2.35. The summed E-state index contributed by atoms with van der Waals surface area (Å²) >= 11 is 0. The molecule has 1 unspecified atom stereocenters. The molecule has 0 radical (unpaired) electrons. The molecule has 1 amide bonds. The normalized spacial score (nSPS) is 19.8. The van der Waals surface area contributed by atoms with E-state index in [1.807, 2.05) is 4.90 Å². The number of hydrogen-bond donors (Lipinski definition) is 1. The lowest BCUT2D eigenvalue weighted by Gasteiger charge is -2.37. The first kappa shape index (κ1) is 13.5. The SMILES string of the molecule is CCCCC(=O)N1CCN(C(C)CN)CC1. The standard InChI is InChI=1S/C12H25N3O/c1-3-4-5-12(16)15-8-6-14(7-9-15)11(2)10-13/h11H,3-10,13H2,1-2H3. The second kappa shape index (κ2) is 6.86. The molecule has 4 heteroatoms.